The van der Waals surface area contributed by atoms with E-state index >= 15 is 0 Å². The number of hydrogen-bond donors (Lipinski definition) is 0. The van der Waals surface area contributed by atoms with E-state index in [2.05, 4.69) is 0 Å². The maximum atomic E-state index is 8.14. The van der Waals surface area contributed by atoms with Crippen LogP contribution >= 0.6 is 0 Å². The Balaban J connectivity index is 2.43. The highest BCUT2D eigenvalue weighted by Gasteiger charge is 1.93. The minimum absolute atomic E-state index is 0.590. The van der Waals surface area contributed by atoms with Crippen LogP contribution in [0.2, 0.25) is 0 Å². The van der Waals surface area contributed by atoms with E-state index in [-0.39, 0.29) is 0 Å². The Labute approximate surface area is 92.3 Å². The summed E-state index contributed by atoms with van der Waals surface area (Å²) in [6, 6.07) is 20.5. The van der Waals surface area contributed by atoms with Crippen LogP contribution in [0.1, 0.15) is 19.4 Å². The van der Waals surface area contributed by atoms with Crippen LogP contribution in [-0.2, 0) is 0 Å². The van der Waals surface area contributed by atoms with Crippen LogP contribution in [0.4, 0.5) is 0 Å². The molecule has 15 heavy (non-hydrogen) atoms. The first-order chi connectivity index (χ1) is 7.79. The Hall–Kier alpha value is -1.82. The smallest absolute Gasteiger partial charge is 0.0622 e. The van der Waals surface area contributed by atoms with Crippen molar-refractivity contribution in [1.82, 2.24) is 0 Å². The maximum absolute atomic E-state index is 8.14. The molecule has 0 atom stereocenters. The number of hydrogen-bond acceptors (Lipinski definition) is 0. The van der Waals surface area contributed by atoms with E-state index < -0.39 is 0 Å². The highest BCUT2D eigenvalue weighted by molar-refractivity contribution is 5.79. The quantitative estimate of drug-likeness (QED) is 0.628. The van der Waals surface area contributed by atoms with Crippen molar-refractivity contribution in [2.75, 3.05) is 0 Å². The molecule has 0 N–H and O–H groups in total. The Morgan fingerprint density at radius 3 is 2.07 bits per heavy atom. The van der Waals surface area contributed by atoms with Crippen molar-refractivity contribution in [1.29, 1.82) is 0 Å². The highest BCUT2D eigenvalue weighted by atomic mass is 14.0. The van der Waals surface area contributed by atoms with E-state index in [1.54, 1.807) is 0 Å². The van der Waals surface area contributed by atoms with Crippen molar-refractivity contribution >= 4 is 11.6 Å². The van der Waals surface area contributed by atoms with Gasteiger partial charge in [-0.15, -0.1) is 0 Å². The summed E-state index contributed by atoms with van der Waals surface area (Å²) in [6.07, 6.45) is 0. The molecule has 0 nitrogen and oxygen atoms in total. The molecule has 74 valence electrons. The Bertz CT molecular complexity index is 436. The molecule has 2 aromatic rings. The zero-order chi connectivity index (χ0) is 11.4. The molecule has 2 aromatic carbocycles. The number of allylic oxidation sites excluding steroid dienone is 1. The molecule has 0 aliphatic carbocycles. The average molecular weight is 195 g/mol. The van der Waals surface area contributed by atoms with E-state index in [9.17, 15) is 0 Å². The van der Waals surface area contributed by atoms with Crippen LogP contribution in [0.5, 0.6) is 0 Å². The maximum Gasteiger partial charge on any atom is 0.0632 e. The summed E-state index contributed by atoms with van der Waals surface area (Å²) in [4.78, 5) is 0. The fraction of sp³-hybridized carbons (Fsp3) is 0.0667. The minimum atomic E-state index is 0.590. The van der Waals surface area contributed by atoms with Gasteiger partial charge in [0.1, 0.15) is 0 Å². The largest absolute Gasteiger partial charge is 0.0632 e. The molecule has 0 spiro atoms. The molecule has 0 heteroatoms. The van der Waals surface area contributed by atoms with E-state index in [4.69, 9.17) is 1.37 Å². The van der Waals surface area contributed by atoms with Crippen molar-refractivity contribution in [3.8, 4) is 0 Å². The van der Waals surface area contributed by atoms with Crippen molar-refractivity contribution in [3.05, 3.63) is 71.8 Å². The summed E-state index contributed by atoms with van der Waals surface area (Å²) in [5.41, 5.74) is 3.08. The van der Waals surface area contributed by atoms with Crippen molar-refractivity contribution in [2.45, 2.75) is 6.92 Å². The molecule has 0 saturated heterocycles. The van der Waals surface area contributed by atoms with Gasteiger partial charge in [0, 0.05) is 0 Å². The van der Waals surface area contributed by atoms with Gasteiger partial charge in [-0.1, -0.05) is 66.7 Å². The predicted octanol–water partition coefficient (Wildman–Crippen LogP) is 4.25. The molecular formula is C15H14. The number of rotatable bonds is 2. The molecule has 0 fully saturated rings. The molecule has 0 amide bonds. The first-order valence-corrected chi connectivity index (χ1v) is 5.07. The summed E-state index contributed by atoms with van der Waals surface area (Å²) in [6.45, 7) is 1.99. The lowest BCUT2D eigenvalue weighted by atomic mass is 10.0. The van der Waals surface area contributed by atoms with Gasteiger partial charge in [-0.25, -0.2) is 0 Å². The average Bonchev–Trinajstić information content (AvgIpc) is 2.39. The zero-order valence-electron chi connectivity index (χ0n) is 9.77. The van der Waals surface area contributed by atoms with E-state index in [0.29, 0.717) is 6.05 Å². The van der Waals surface area contributed by atoms with Crippen molar-refractivity contribution in [2.24, 2.45) is 0 Å². The molecule has 0 saturated carbocycles. The van der Waals surface area contributed by atoms with Gasteiger partial charge < -0.3 is 0 Å². The van der Waals surface area contributed by atoms with Crippen molar-refractivity contribution in [3.63, 3.8) is 0 Å². The van der Waals surface area contributed by atoms with Crippen LogP contribution in [0.15, 0.2) is 60.7 Å². The lowest BCUT2D eigenvalue weighted by Gasteiger charge is -2.01. The molecule has 0 aromatic heterocycles. The van der Waals surface area contributed by atoms with Gasteiger partial charge in [-0.3, -0.25) is 0 Å². The fourth-order valence-electron chi connectivity index (χ4n) is 1.50. The van der Waals surface area contributed by atoms with Gasteiger partial charge in [0.05, 0.1) is 1.37 Å². The predicted molar refractivity (Wildman–Crippen MR) is 66.4 cm³/mol. The second kappa shape index (κ2) is 4.61. The second-order valence-corrected chi connectivity index (χ2v) is 3.48. The zero-order valence-corrected chi connectivity index (χ0v) is 8.77. The molecular weight excluding hydrogens is 180 g/mol. The molecule has 0 aliphatic heterocycles. The molecule has 0 radical (unpaired) electrons. The molecule has 0 aliphatic rings. The van der Waals surface area contributed by atoms with Gasteiger partial charge >= 0.3 is 0 Å². The van der Waals surface area contributed by atoms with Crippen LogP contribution < -0.4 is 0 Å². The monoisotopic (exact) mass is 195 g/mol. The lowest BCUT2D eigenvalue weighted by molar-refractivity contribution is 1.57. The van der Waals surface area contributed by atoms with Crippen LogP contribution in [-0.4, -0.2) is 0 Å². The molecule has 0 heterocycles. The highest BCUT2D eigenvalue weighted by Crippen LogP contribution is 2.16. The third kappa shape index (κ3) is 2.57. The topological polar surface area (TPSA) is 0 Å². The summed E-state index contributed by atoms with van der Waals surface area (Å²) < 4.78 is 8.14. The third-order valence-electron chi connectivity index (χ3n) is 2.31. The first kappa shape index (κ1) is 8.49. The van der Waals surface area contributed by atoms with Crippen molar-refractivity contribution < 1.29 is 1.37 Å². The Morgan fingerprint density at radius 2 is 1.47 bits per heavy atom. The number of benzene rings is 2. The van der Waals surface area contributed by atoms with Crippen LogP contribution in [0.3, 0.4) is 0 Å². The van der Waals surface area contributed by atoms with Gasteiger partial charge in [0.2, 0.25) is 0 Å². The molecule has 0 bridgehead atoms. The normalized spacial score (nSPS) is 13.0. The summed E-state index contributed by atoms with van der Waals surface area (Å²) >= 11 is 0. The SMILES string of the molecule is [2H]/C(=C(\C)c1ccccc1)c1ccccc1. The van der Waals surface area contributed by atoms with E-state index in [0.717, 1.165) is 16.7 Å². The second-order valence-electron chi connectivity index (χ2n) is 3.48. The standard InChI is InChI=1S/C15H14/c1-13(15-10-6-3-7-11-15)12-14-8-4-2-5-9-14/h2-12H,1H3/b13-12-/i12D. The van der Waals surface area contributed by atoms with Crippen LogP contribution in [0.25, 0.3) is 11.6 Å². The Kier molecular flexibility index (Phi) is 2.61. The molecule has 0 unspecified atom stereocenters. The van der Waals surface area contributed by atoms with Gasteiger partial charge in [-0.2, -0.15) is 0 Å². The van der Waals surface area contributed by atoms with Gasteiger partial charge in [0.25, 0.3) is 0 Å². The van der Waals surface area contributed by atoms with Crippen LogP contribution in [0, 0.1) is 0 Å². The van der Waals surface area contributed by atoms with Gasteiger partial charge in [-0.05, 0) is 23.6 Å². The summed E-state index contributed by atoms with van der Waals surface area (Å²) in [5, 5.41) is 0. The summed E-state index contributed by atoms with van der Waals surface area (Å²) in [7, 11) is 0. The van der Waals surface area contributed by atoms with E-state index in [1.807, 2.05) is 67.6 Å². The van der Waals surface area contributed by atoms with Gasteiger partial charge in [0.15, 0.2) is 0 Å². The minimum Gasteiger partial charge on any atom is -0.0622 e. The van der Waals surface area contributed by atoms with E-state index in [1.165, 1.54) is 0 Å². The third-order valence-corrected chi connectivity index (χ3v) is 2.31. The summed E-state index contributed by atoms with van der Waals surface area (Å²) in [5.74, 6) is 0. The lowest BCUT2D eigenvalue weighted by Crippen LogP contribution is -1.78. The Morgan fingerprint density at radius 1 is 0.933 bits per heavy atom. The fourth-order valence-corrected chi connectivity index (χ4v) is 1.50. The molecule has 2 rings (SSSR count). The first-order valence-electron chi connectivity index (χ1n) is 5.57.